The highest BCUT2D eigenvalue weighted by Crippen LogP contribution is 2.52. The van der Waals surface area contributed by atoms with Gasteiger partial charge in [0.2, 0.25) is 0 Å². The minimum atomic E-state index is -5.16. The van der Waals surface area contributed by atoms with Gasteiger partial charge in [0.15, 0.2) is 0 Å². The summed E-state index contributed by atoms with van der Waals surface area (Å²) in [6, 6.07) is 4.37. The van der Waals surface area contributed by atoms with Crippen LogP contribution in [0.3, 0.4) is 0 Å². The molecule has 0 aromatic heterocycles. The van der Waals surface area contributed by atoms with Crippen molar-refractivity contribution in [3.05, 3.63) is 39.9 Å². The fraction of sp³-hybridized carbons (Fsp3) is 0.600. The second kappa shape index (κ2) is 7.33. The van der Waals surface area contributed by atoms with Gasteiger partial charge in [-0.3, -0.25) is 14.9 Å². The van der Waals surface area contributed by atoms with E-state index in [4.69, 9.17) is 0 Å². The highest BCUT2D eigenvalue weighted by Gasteiger charge is 2.69. The summed E-state index contributed by atoms with van der Waals surface area (Å²) < 4.78 is 42.4. The van der Waals surface area contributed by atoms with Crippen molar-refractivity contribution >= 4 is 17.3 Å². The van der Waals surface area contributed by atoms with Crippen molar-refractivity contribution in [2.45, 2.75) is 58.4 Å². The Morgan fingerprint density at radius 2 is 2.07 bits per heavy atom. The molecule has 0 unspecified atom stereocenters. The Labute approximate surface area is 171 Å². The minimum absolute atomic E-state index is 0.0500. The van der Waals surface area contributed by atoms with Crippen LogP contribution in [0.4, 0.5) is 18.9 Å². The molecule has 30 heavy (non-hydrogen) atoms. The van der Waals surface area contributed by atoms with E-state index < -0.39 is 34.3 Å². The Kier molecular flexibility index (Phi) is 5.43. The molecule has 0 radical (unpaired) electrons. The van der Waals surface area contributed by atoms with Crippen LogP contribution in [0, 0.1) is 27.4 Å². The smallest absolute Gasteiger partial charge is 0.362 e. The number of carbonyl (C=O) groups excluding carboxylic acids is 1. The lowest BCUT2D eigenvalue weighted by Crippen LogP contribution is -2.62. The summed E-state index contributed by atoms with van der Waals surface area (Å²) in [6.45, 7) is 5.92. The molecule has 1 aliphatic carbocycles. The minimum Gasteiger partial charge on any atom is -0.362 e. The van der Waals surface area contributed by atoms with E-state index in [9.17, 15) is 33.2 Å². The summed E-state index contributed by atoms with van der Waals surface area (Å²) in [7, 11) is 0. The molecule has 1 aromatic rings. The van der Waals surface area contributed by atoms with Crippen LogP contribution in [0.5, 0.6) is 0 Å². The maximum Gasteiger partial charge on any atom is 0.439 e. The van der Waals surface area contributed by atoms with Crippen molar-refractivity contribution in [3.63, 3.8) is 0 Å². The normalized spacial score (nSPS) is 26.9. The molecule has 2 aliphatic rings. The van der Waals surface area contributed by atoms with Crippen LogP contribution in [-0.2, 0) is 0 Å². The topological polar surface area (TPSA) is 96.0 Å². The number of hydrogen-bond acceptors (Lipinski definition) is 5. The number of non-ortho nitro benzene ring substituents is 1. The van der Waals surface area contributed by atoms with Crippen LogP contribution >= 0.6 is 0 Å². The first-order valence-corrected chi connectivity index (χ1v) is 9.78. The van der Waals surface area contributed by atoms with Crippen LogP contribution in [0.15, 0.2) is 29.4 Å². The molecular weight excluding hydrogens is 403 g/mol. The Morgan fingerprint density at radius 1 is 1.40 bits per heavy atom. The van der Waals surface area contributed by atoms with E-state index in [2.05, 4.69) is 5.10 Å². The summed E-state index contributed by atoms with van der Waals surface area (Å²) in [4.78, 5) is 23.1. The first-order chi connectivity index (χ1) is 13.8. The second-order valence-electron chi connectivity index (χ2n) is 8.61. The van der Waals surface area contributed by atoms with E-state index in [1.807, 2.05) is 20.8 Å². The molecule has 10 heteroatoms. The molecule has 0 bridgehead atoms. The van der Waals surface area contributed by atoms with Crippen molar-refractivity contribution < 1.29 is 28.0 Å². The van der Waals surface area contributed by atoms with E-state index in [0.717, 1.165) is 24.6 Å². The standard InChI is InChI=1S/C20H24F3N3O4/c1-4-18(2,3)13-8-9-16-15(11-13)19(28,20(21,22)23)25(24-16)17(27)12-6-5-7-14(10-12)26(29)30/h5-7,10,13,15,28H,4,8-9,11H2,1-3H3/t13-,15-,19-/m1/s1. The van der Waals surface area contributed by atoms with Gasteiger partial charge in [0.1, 0.15) is 0 Å². The Balaban J connectivity index is 2.02. The van der Waals surface area contributed by atoms with E-state index in [1.54, 1.807) is 0 Å². The van der Waals surface area contributed by atoms with Gasteiger partial charge in [-0.15, -0.1) is 0 Å². The third-order valence-electron chi connectivity index (χ3n) is 6.64. The second-order valence-corrected chi connectivity index (χ2v) is 8.61. The zero-order chi connectivity index (χ0) is 22.5. The maximum absolute atomic E-state index is 14.1. The predicted molar refractivity (Wildman–Crippen MR) is 103 cm³/mol. The van der Waals surface area contributed by atoms with E-state index in [-0.39, 0.29) is 40.5 Å². The summed E-state index contributed by atoms with van der Waals surface area (Å²) in [5.74, 6) is -2.68. The molecule has 1 heterocycles. The van der Waals surface area contributed by atoms with Gasteiger partial charge in [-0.1, -0.05) is 33.3 Å². The molecule has 1 N–H and O–H groups in total. The lowest BCUT2D eigenvalue weighted by Gasteiger charge is -2.43. The van der Waals surface area contributed by atoms with E-state index in [0.29, 0.717) is 6.42 Å². The number of rotatable bonds is 4. The van der Waals surface area contributed by atoms with Crippen molar-refractivity contribution in [1.29, 1.82) is 0 Å². The molecule has 3 rings (SSSR count). The highest BCUT2D eigenvalue weighted by atomic mass is 19.4. The lowest BCUT2D eigenvalue weighted by atomic mass is 9.64. The van der Waals surface area contributed by atoms with E-state index in [1.165, 1.54) is 6.07 Å². The number of fused-ring (bicyclic) bond motifs is 1. The Morgan fingerprint density at radius 3 is 2.63 bits per heavy atom. The average molecular weight is 427 g/mol. The van der Waals surface area contributed by atoms with Crippen LogP contribution in [0.25, 0.3) is 0 Å². The number of hydrogen-bond donors (Lipinski definition) is 1. The van der Waals surface area contributed by atoms with Gasteiger partial charge >= 0.3 is 6.18 Å². The van der Waals surface area contributed by atoms with Crippen molar-refractivity contribution in [2.24, 2.45) is 22.4 Å². The number of aliphatic hydroxyl groups is 1. The first-order valence-electron chi connectivity index (χ1n) is 9.78. The quantitative estimate of drug-likeness (QED) is 0.565. The molecule has 0 spiro atoms. The third-order valence-corrected chi connectivity index (χ3v) is 6.64. The molecule has 7 nitrogen and oxygen atoms in total. The Hall–Kier alpha value is -2.49. The van der Waals surface area contributed by atoms with Gasteiger partial charge < -0.3 is 5.11 Å². The molecule has 164 valence electrons. The van der Waals surface area contributed by atoms with Crippen molar-refractivity contribution in [2.75, 3.05) is 0 Å². The maximum atomic E-state index is 14.1. The number of nitro benzene ring substituents is 1. The molecule has 1 aliphatic heterocycles. The molecule has 0 saturated heterocycles. The molecule has 3 atom stereocenters. The van der Waals surface area contributed by atoms with Crippen LogP contribution in [-0.4, -0.2) is 38.6 Å². The molecule has 1 fully saturated rings. The number of nitrogens with zero attached hydrogens (tertiary/aromatic N) is 3. The molecule has 1 saturated carbocycles. The number of nitro groups is 1. The van der Waals surface area contributed by atoms with Gasteiger partial charge in [0.05, 0.1) is 10.8 Å². The molecule has 1 amide bonds. The van der Waals surface area contributed by atoms with Gasteiger partial charge in [-0.05, 0) is 36.7 Å². The number of amides is 1. The SMILES string of the molecule is CCC(C)(C)[C@@H]1CCC2=NN(C(=O)c3cccc([N+](=O)[O-])c3)[C@](O)(C(F)(F)F)[C@@H]2C1. The summed E-state index contributed by atoms with van der Waals surface area (Å²) in [6.07, 6.45) is -3.48. The van der Waals surface area contributed by atoms with Gasteiger partial charge in [0.25, 0.3) is 17.3 Å². The fourth-order valence-corrected chi connectivity index (χ4v) is 4.29. The predicted octanol–water partition coefficient (Wildman–Crippen LogP) is 4.51. The lowest BCUT2D eigenvalue weighted by molar-refractivity contribution is -0.384. The molecular formula is C20H24F3N3O4. The molecule has 1 aromatic carbocycles. The number of benzene rings is 1. The van der Waals surface area contributed by atoms with Crippen molar-refractivity contribution in [1.82, 2.24) is 5.01 Å². The zero-order valence-electron chi connectivity index (χ0n) is 16.9. The highest BCUT2D eigenvalue weighted by molar-refractivity contribution is 5.99. The van der Waals surface area contributed by atoms with Crippen LogP contribution in [0.1, 0.15) is 56.8 Å². The van der Waals surface area contributed by atoms with Crippen molar-refractivity contribution in [3.8, 4) is 0 Å². The third kappa shape index (κ3) is 3.46. The monoisotopic (exact) mass is 427 g/mol. The van der Waals surface area contributed by atoms with Gasteiger partial charge in [-0.25, -0.2) is 0 Å². The summed E-state index contributed by atoms with van der Waals surface area (Å²) in [5, 5.41) is 25.8. The summed E-state index contributed by atoms with van der Waals surface area (Å²) >= 11 is 0. The average Bonchev–Trinajstić information content (AvgIpc) is 3.00. The first kappa shape index (κ1) is 22.2. The largest absolute Gasteiger partial charge is 0.439 e. The van der Waals surface area contributed by atoms with Crippen LogP contribution in [0.2, 0.25) is 0 Å². The number of halogens is 3. The van der Waals surface area contributed by atoms with Gasteiger partial charge in [0, 0.05) is 23.4 Å². The zero-order valence-corrected chi connectivity index (χ0v) is 16.9. The summed E-state index contributed by atoms with van der Waals surface area (Å²) in [5.41, 5.74) is -4.37. The number of alkyl halides is 3. The van der Waals surface area contributed by atoms with Gasteiger partial charge in [-0.2, -0.15) is 23.3 Å². The van der Waals surface area contributed by atoms with Crippen LogP contribution < -0.4 is 0 Å². The number of hydrazone groups is 1. The fourth-order valence-electron chi connectivity index (χ4n) is 4.29. The van der Waals surface area contributed by atoms with E-state index >= 15 is 0 Å². The Bertz CT molecular complexity index is 900. The number of carbonyl (C=O) groups is 1.